The first-order chi connectivity index (χ1) is 9.49. The lowest BCUT2D eigenvalue weighted by Crippen LogP contribution is -2.29. The van der Waals surface area contributed by atoms with Crippen molar-refractivity contribution in [3.8, 4) is 5.75 Å². The van der Waals surface area contributed by atoms with Crippen LogP contribution in [0.15, 0.2) is 46.9 Å². The molecule has 106 valence electrons. The van der Waals surface area contributed by atoms with E-state index in [0.29, 0.717) is 10.2 Å². The summed E-state index contributed by atoms with van der Waals surface area (Å²) in [4.78, 5) is 0. The van der Waals surface area contributed by atoms with Gasteiger partial charge in [-0.05, 0) is 34.5 Å². The predicted molar refractivity (Wildman–Crippen MR) is 82.6 cm³/mol. The number of ether oxygens (including phenoxy) is 1. The summed E-state index contributed by atoms with van der Waals surface area (Å²) < 4.78 is 20.0. The molecule has 2 rings (SSSR count). The Morgan fingerprint density at radius 2 is 1.90 bits per heavy atom. The van der Waals surface area contributed by atoms with Crippen molar-refractivity contribution in [3.63, 3.8) is 0 Å². The number of halogens is 3. The Hall–Kier alpha value is -1.10. The standard InChI is InChI=1S/C15H14BrClFNO/c1-9(19)15(10-5-3-2-4-6-10)20-14-8-13(18)12(17)7-11(14)16/h2-9,15H,19H2,1H3. The average Bonchev–Trinajstić information content (AvgIpc) is 2.42. The van der Waals surface area contributed by atoms with Crippen LogP contribution in [0.25, 0.3) is 0 Å². The van der Waals surface area contributed by atoms with Gasteiger partial charge in [-0.1, -0.05) is 41.9 Å². The van der Waals surface area contributed by atoms with E-state index in [4.69, 9.17) is 22.1 Å². The normalized spacial score (nSPS) is 13.8. The molecule has 2 N–H and O–H groups in total. The summed E-state index contributed by atoms with van der Waals surface area (Å²) in [5.74, 6) is -0.153. The number of hydrogen-bond acceptors (Lipinski definition) is 2. The van der Waals surface area contributed by atoms with Crippen LogP contribution in [0.3, 0.4) is 0 Å². The Balaban J connectivity index is 2.32. The minimum absolute atomic E-state index is 0.0429. The van der Waals surface area contributed by atoms with Gasteiger partial charge >= 0.3 is 0 Å². The highest BCUT2D eigenvalue weighted by Crippen LogP contribution is 2.34. The highest BCUT2D eigenvalue weighted by atomic mass is 79.9. The van der Waals surface area contributed by atoms with Crippen LogP contribution in [-0.2, 0) is 0 Å². The fraction of sp³-hybridized carbons (Fsp3) is 0.200. The van der Waals surface area contributed by atoms with Crippen LogP contribution >= 0.6 is 27.5 Å². The summed E-state index contributed by atoms with van der Waals surface area (Å²) in [6.45, 7) is 1.85. The quantitative estimate of drug-likeness (QED) is 0.803. The van der Waals surface area contributed by atoms with Crippen molar-refractivity contribution < 1.29 is 9.13 Å². The third-order valence-electron chi connectivity index (χ3n) is 2.83. The van der Waals surface area contributed by atoms with E-state index in [0.717, 1.165) is 5.56 Å². The van der Waals surface area contributed by atoms with Crippen molar-refractivity contribution >= 4 is 27.5 Å². The molecule has 0 amide bonds. The van der Waals surface area contributed by atoms with Crippen molar-refractivity contribution in [2.45, 2.75) is 19.1 Å². The summed E-state index contributed by atoms with van der Waals surface area (Å²) in [5, 5.41) is 0.0429. The lowest BCUT2D eigenvalue weighted by atomic mass is 10.0. The summed E-state index contributed by atoms with van der Waals surface area (Å²) in [6.07, 6.45) is -0.368. The Morgan fingerprint density at radius 1 is 1.25 bits per heavy atom. The zero-order chi connectivity index (χ0) is 14.7. The van der Waals surface area contributed by atoms with Gasteiger partial charge in [0.25, 0.3) is 0 Å². The van der Waals surface area contributed by atoms with Gasteiger partial charge in [0.1, 0.15) is 17.7 Å². The smallest absolute Gasteiger partial charge is 0.145 e. The van der Waals surface area contributed by atoms with Gasteiger partial charge in [-0.3, -0.25) is 0 Å². The summed E-state index contributed by atoms with van der Waals surface area (Å²) >= 11 is 9.03. The molecule has 0 aliphatic carbocycles. The summed E-state index contributed by atoms with van der Waals surface area (Å²) in [5.41, 5.74) is 6.91. The summed E-state index contributed by atoms with van der Waals surface area (Å²) in [7, 11) is 0. The molecule has 0 saturated carbocycles. The molecule has 0 aliphatic rings. The van der Waals surface area contributed by atoms with Gasteiger partial charge in [0.15, 0.2) is 0 Å². The van der Waals surface area contributed by atoms with Crippen LogP contribution in [0, 0.1) is 5.82 Å². The molecule has 0 bridgehead atoms. The van der Waals surface area contributed by atoms with E-state index in [1.54, 1.807) is 0 Å². The van der Waals surface area contributed by atoms with Gasteiger partial charge in [-0.15, -0.1) is 0 Å². The first-order valence-corrected chi connectivity index (χ1v) is 7.28. The molecule has 2 aromatic rings. The van der Waals surface area contributed by atoms with Crippen molar-refractivity contribution in [1.29, 1.82) is 0 Å². The molecular weight excluding hydrogens is 345 g/mol. The monoisotopic (exact) mass is 357 g/mol. The number of nitrogens with two attached hydrogens (primary N) is 1. The van der Waals surface area contributed by atoms with E-state index in [1.807, 2.05) is 37.3 Å². The van der Waals surface area contributed by atoms with Crippen LogP contribution < -0.4 is 10.5 Å². The van der Waals surface area contributed by atoms with Gasteiger partial charge in [0, 0.05) is 12.1 Å². The number of benzene rings is 2. The van der Waals surface area contributed by atoms with Crippen molar-refractivity contribution in [2.75, 3.05) is 0 Å². The van der Waals surface area contributed by atoms with Gasteiger partial charge < -0.3 is 10.5 Å². The summed E-state index contributed by atoms with van der Waals surface area (Å²) in [6, 6.07) is 12.1. The molecule has 0 heterocycles. The van der Waals surface area contributed by atoms with E-state index in [-0.39, 0.29) is 17.2 Å². The molecule has 0 saturated heterocycles. The zero-order valence-electron chi connectivity index (χ0n) is 10.8. The van der Waals surface area contributed by atoms with Gasteiger partial charge in [-0.25, -0.2) is 4.39 Å². The molecule has 0 aromatic heterocycles. The van der Waals surface area contributed by atoms with Crippen LogP contribution in [0.2, 0.25) is 5.02 Å². The van der Waals surface area contributed by atoms with Crippen molar-refractivity contribution in [2.24, 2.45) is 5.73 Å². The topological polar surface area (TPSA) is 35.2 Å². The molecule has 0 radical (unpaired) electrons. The van der Waals surface area contributed by atoms with Gasteiger partial charge in [0.05, 0.1) is 9.50 Å². The first kappa shape index (κ1) is 15.3. The highest BCUT2D eigenvalue weighted by molar-refractivity contribution is 9.10. The highest BCUT2D eigenvalue weighted by Gasteiger charge is 2.20. The Labute approximate surface area is 130 Å². The molecule has 2 nitrogen and oxygen atoms in total. The predicted octanol–water partition coefficient (Wildman–Crippen LogP) is 4.71. The largest absolute Gasteiger partial charge is 0.483 e. The third-order valence-corrected chi connectivity index (χ3v) is 3.74. The first-order valence-electron chi connectivity index (χ1n) is 6.10. The van der Waals surface area contributed by atoms with Crippen molar-refractivity contribution in [1.82, 2.24) is 0 Å². The maximum Gasteiger partial charge on any atom is 0.145 e. The maximum atomic E-state index is 13.5. The molecule has 5 heteroatoms. The lowest BCUT2D eigenvalue weighted by molar-refractivity contribution is 0.178. The minimum atomic E-state index is -0.527. The van der Waals surface area contributed by atoms with E-state index in [9.17, 15) is 4.39 Å². The maximum absolute atomic E-state index is 13.5. The Morgan fingerprint density at radius 3 is 2.50 bits per heavy atom. The molecule has 2 unspecified atom stereocenters. The van der Waals surface area contributed by atoms with Crippen molar-refractivity contribution in [3.05, 3.63) is 63.3 Å². The Kier molecular flexibility index (Phi) is 5.02. The fourth-order valence-corrected chi connectivity index (χ4v) is 2.59. The van der Waals surface area contributed by atoms with E-state index >= 15 is 0 Å². The van der Waals surface area contributed by atoms with Crippen LogP contribution in [0.1, 0.15) is 18.6 Å². The zero-order valence-corrected chi connectivity index (χ0v) is 13.2. The molecule has 2 aromatic carbocycles. The van der Waals surface area contributed by atoms with Crippen LogP contribution in [-0.4, -0.2) is 6.04 Å². The number of rotatable bonds is 4. The second-order valence-electron chi connectivity index (χ2n) is 4.50. The molecule has 2 atom stereocenters. The van der Waals surface area contributed by atoms with Gasteiger partial charge in [-0.2, -0.15) is 0 Å². The second-order valence-corrected chi connectivity index (χ2v) is 5.77. The molecular formula is C15H14BrClFNO. The average molecular weight is 359 g/mol. The van der Waals surface area contributed by atoms with Crippen LogP contribution in [0.5, 0.6) is 5.75 Å². The van der Waals surface area contributed by atoms with E-state index in [1.165, 1.54) is 12.1 Å². The second kappa shape index (κ2) is 6.57. The molecule has 20 heavy (non-hydrogen) atoms. The molecule has 0 aliphatic heterocycles. The minimum Gasteiger partial charge on any atom is -0.483 e. The fourth-order valence-electron chi connectivity index (χ4n) is 1.85. The SMILES string of the molecule is CC(N)C(Oc1cc(F)c(Cl)cc1Br)c1ccccc1. The van der Waals surface area contributed by atoms with Crippen LogP contribution in [0.4, 0.5) is 4.39 Å². The molecule has 0 fully saturated rings. The Bertz CT molecular complexity index is 592. The van der Waals surface area contributed by atoms with E-state index in [2.05, 4.69) is 15.9 Å². The molecule has 0 spiro atoms. The third kappa shape index (κ3) is 3.51. The van der Waals surface area contributed by atoms with E-state index < -0.39 is 5.82 Å². The lowest BCUT2D eigenvalue weighted by Gasteiger charge is -2.23. The van der Waals surface area contributed by atoms with Gasteiger partial charge in [0.2, 0.25) is 0 Å². The number of hydrogen-bond donors (Lipinski definition) is 1.